The summed E-state index contributed by atoms with van der Waals surface area (Å²) in [5.74, 6) is -2.45. The van der Waals surface area contributed by atoms with Gasteiger partial charge in [0.1, 0.15) is 19.3 Å². The Labute approximate surface area is 269 Å². The van der Waals surface area contributed by atoms with Crippen molar-refractivity contribution in [2.75, 3.05) is 39.6 Å². The first kappa shape index (κ1) is 44.1. The van der Waals surface area contributed by atoms with Crippen LogP contribution >= 0.6 is 15.6 Å². The monoisotopic (exact) mass is 708 g/mol. The van der Waals surface area contributed by atoms with E-state index in [-0.39, 0.29) is 25.7 Å². The number of carbonyl (C=O) groups is 4. The molecule has 0 fully saturated rings. The van der Waals surface area contributed by atoms with E-state index in [1.54, 1.807) is 6.92 Å². The Balaban J connectivity index is 4.80. The van der Waals surface area contributed by atoms with E-state index in [1.807, 2.05) is 0 Å². The molecule has 0 aliphatic carbocycles. The minimum Gasteiger partial charge on any atom is -0.462 e. The number of unbranched alkanes of at least 4 members (excludes halogenated alkanes) is 4. The zero-order chi connectivity index (χ0) is 35.0. The maximum absolute atomic E-state index is 12.3. The highest BCUT2D eigenvalue weighted by molar-refractivity contribution is 7.47. The zero-order valence-electron chi connectivity index (χ0n) is 27.0. The van der Waals surface area contributed by atoms with Crippen LogP contribution in [0, 0.1) is 0 Å². The number of carbonyl (C=O) groups excluding carboxylic acids is 4. The third-order valence-electron chi connectivity index (χ3n) is 5.68. The third kappa shape index (κ3) is 24.3. The van der Waals surface area contributed by atoms with Gasteiger partial charge in [0, 0.05) is 25.7 Å². The predicted molar refractivity (Wildman–Crippen MR) is 160 cm³/mol. The second-order valence-electron chi connectivity index (χ2n) is 9.99. The highest BCUT2D eigenvalue weighted by Gasteiger charge is 2.30. The van der Waals surface area contributed by atoms with Gasteiger partial charge in [0.25, 0.3) is 0 Å². The summed E-state index contributed by atoms with van der Waals surface area (Å²) in [4.78, 5) is 66.8. The Morgan fingerprint density at radius 1 is 0.543 bits per heavy atom. The number of aliphatic hydroxyl groups is 1. The molecule has 0 saturated carbocycles. The van der Waals surface area contributed by atoms with E-state index in [9.17, 15) is 43.2 Å². The van der Waals surface area contributed by atoms with Crippen LogP contribution in [0.4, 0.5) is 0 Å². The summed E-state index contributed by atoms with van der Waals surface area (Å²) in [5.41, 5.74) is 0. The van der Waals surface area contributed by atoms with E-state index in [0.29, 0.717) is 12.8 Å². The van der Waals surface area contributed by atoms with Gasteiger partial charge in [0.05, 0.1) is 26.4 Å². The summed E-state index contributed by atoms with van der Waals surface area (Å²) in [6.45, 7) is 2.82. The van der Waals surface area contributed by atoms with Gasteiger partial charge in [0.2, 0.25) is 0 Å². The lowest BCUT2D eigenvalue weighted by Gasteiger charge is -2.21. The second kappa shape index (κ2) is 25.1. The topological polar surface area (TPSA) is 237 Å². The van der Waals surface area contributed by atoms with Crippen LogP contribution in [0.5, 0.6) is 0 Å². The number of aliphatic hydroxyl groups excluding tert-OH is 1. The van der Waals surface area contributed by atoms with Crippen LogP contribution in [0.15, 0.2) is 0 Å². The highest BCUT2D eigenvalue weighted by Crippen LogP contribution is 2.45. The molecule has 0 aromatic rings. The SMILES string of the molecule is CCCCCCCC(=O)OC[C@H](COP(=O)(O)OC[C@H](O)COP(=O)(O)OC[C@@H](COC(=O)CC)OC(=O)CC)OC(=O)CCC. The normalized spacial score (nSPS) is 15.9. The van der Waals surface area contributed by atoms with Gasteiger partial charge < -0.3 is 33.8 Å². The molecule has 3 N–H and O–H groups in total. The summed E-state index contributed by atoms with van der Waals surface area (Å²) in [7, 11) is -9.71. The largest absolute Gasteiger partial charge is 0.472 e. The number of hydrogen-bond donors (Lipinski definition) is 3. The number of esters is 4. The van der Waals surface area contributed by atoms with E-state index in [2.05, 4.69) is 16.0 Å². The highest BCUT2D eigenvalue weighted by atomic mass is 31.2. The summed E-state index contributed by atoms with van der Waals surface area (Å²) in [6.07, 6.45) is 1.15. The van der Waals surface area contributed by atoms with Crippen molar-refractivity contribution in [1.82, 2.24) is 0 Å². The lowest BCUT2D eigenvalue weighted by Crippen LogP contribution is -2.30. The van der Waals surface area contributed by atoms with Crippen molar-refractivity contribution < 1.29 is 80.2 Å². The van der Waals surface area contributed by atoms with E-state index in [1.165, 1.54) is 13.8 Å². The standard InChI is InChI=1S/C27H50O17P2/c1-5-9-10-11-12-14-26(31)38-18-23(44-27(32)13-6-2)20-42-46(35,36)40-16-21(28)15-39-45(33,34)41-19-22(43-25(30)8-4)17-37-24(29)7-3/h21-23,28H,5-20H2,1-4H3,(H,33,34)(H,35,36)/t21-,22-,23-/m1/s1. The van der Waals surface area contributed by atoms with Gasteiger partial charge in [0.15, 0.2) is 12.2 Å². The molecule has 0 aliphatic rings. The van der Waals surface area contributed by atoms with E-state index >= 15 is 0 Å². The van der Waals surface area contributed by atoms with Gasteiger partial charge in [-0.3, -0.25) is 37.3 Å². The van der Waals surface area contributed by atoms with E-state index in [4.69, 9.17) is 28.0 Å². The molecule has 0 heterocycles. The molecule has 0 radical (unpaired) electrons. The van der Waals surface area contributed by atoms with Gasteiger partial charge >= 0.3 is 39.5 Å². The van der Waals surface area contributed by atoms with Crippen LogP contribution in [-0.4, -0.2) is 96.7 Å². The smallest absolute Gasteiger partial charge is 0.462 e. The fraction of sp³-hybridized carbons (Fsp3) is 0.852. The summed E-state index contributed by atoms with van der Waals surface area (Å²) < 4.78 is 63.6. The fourth-order valence-electron chi connectivity index (χ4n) is 3.21. The van der Waals surface area contributed by atoms with Gasteiger partial charge in [-0.05, 0) is 12.8 Å². The van der Waals surface area contributed by atoms with Crippen LogP contribution in [0.1, 0.15) is 91.9 Å². The number of rotatable bonds is 28. The zero-order valence-corrected chi connectivity index (χ0v) is 28.8. The Bertz CT molecular complexity index is 991. The van der Waals surface area contributed by atoms with Crippen molar-refractivity contribution in [3.63, 3.8) is 0 Å². The molecule has 0 bridgehead atoms. The van der Waals surface area contributed by atoms with Crippen molar-refractivity contribution in [3.05, 3.63) is 0 Å². The molecule has 0 aromatic carbocycles. The number of phosphoric acid groups is 2. The number of hydrogen-bond acceptors (Lipinski definition) is 15. The van der Waals surface area contributed by atoms with Crippen LogP contribution in [0.3, 0.4) is 0 Å². The summed E-state index contributed by atoms with van der Waals surface area (Å²) >= 11 is 0. The molecule has 5 atom stereocenters. The molecule has 0 saturated heterocycles. The molecule has 0 aliphatic heterocycles. The lowest BCUT2D eigenvalue weighted by atomic mass is 10.1. The molecule has 17 nitrogen and oxygen atoms in total. The van der Waals surface area contributed by atoms with Crippen LogP contribution < -0.4 is 0 Å². The van der Waals surface area contributed by atoms with Crippen molar-refractivity contribution in [2.45, 2.75) is 110 Å². The first-order valence-corrected chi connectivity index (χ1v) is 18.3. The van der Waals surface area contributed by atoms with Gasteiger partial charge in [-0.1, -0.05) is 53.4 Å². The third-order valence-corrected chi connectivity index (χ3v) is 7.58. The Morgan fingerprint density at radius 3 is 1.48 bits per heavy atom. The molecule has 270 valence electrons. The predicted octanol–water partition coefficient (Wildman–Crippen LogP) is 3.51. The minimum absolute atomic E-state index is 0.0203. The molecule has 19 heteroatoms. The quantitative estimate of drug-likeness (QED) is 0.0456. The van der Waals surface area contributed by atoms with Crippen LogP contribution in [0.25, 0.3) is 0 Å². The number of ether oxygens (including phenoxy) is 4. The average molecular weight is 709 g/mol. The maximum Gasteiger partial charge on any atom is 0.472 e. The average Bonchev–Trinajstić information content (AvgIpc) is 3.01. The Morgan fingerprint density at radius 2 is 1.00 bits per heavy atom. The van der Waals surface area contributed by atoms with E-state index in [0.717, 1.165) is 25.7 Å². The number of phosphoric ester groups is 2. The van der Waals surface area contributed by atoms with Crippen molar-refractivity contribution in [1.29, 1.82) is 0 Å². The molecule has 0 aromatic heterocycles. The lowest BCUT2D eigenvalue weighted by molar-refractivity contribution is -0.161. The second-order valence-corrected chi connectivity index (χ2v) is 12.9. The van der Waals surface area contributed by atoms with Gasteiger partial charge in [-0.2, -0.15) is 0 Å². The molecular formula is C27H50O17P2. The molecule has 0 amide bonds. The molecule has 2 unspecified atom stereocenters. The Kier molecular flexibility index (Phi) is 24.1. The molecular weight excluding hydrogens is 658 g/mol. The van der Waals surface area contributed by atoms with Crippen molar-refractivity contribution >= 4 is 39.5 Å². The van der Waals surface area contributed by atoms with Crippen LogP contribution in [-0.2, 0) is 65.4 Å². The molecule has 0 spiro atoms. The first-order valence-electron chi connectivity index (χ1n) is 15.3. The van der Waals surface area contributed by atoms with Gasteiger partial charge in [-0.25, -0.2) is 9.13 Å². The first-order chi connectivity index (χ1) is 21.7. The fourth-order valence-corrected chi connectivity index (χ4v) is 4.79. The van der Waals surface area contributed by atoms with Gasteiger partial charge in [-0.15, -0.1) is 0 Å². The summed E-state index contributed by atoms with van der Waals surface area (Å²) in [6, 6.07) is 0. The summed E-state index contributed by atoms with van der Waals surface area (Å²) in [5, 5.41) is 10.0. The Hall–Kier alpha value is -1.94. The van der Waals surface area contributed by atoms with Crippen LogP contribution in [0.2, 0.25) is 0 Å². The molecule has 46 heavy (non-hydrogen) atoms. The van der Waals surface area contributed by atoms with Crippen molar-refractivity contribution in [3.8, 4) is 0 Å². The molecule has 0 rings (SSSR count). The maximum atomic E-state index is 12.3. The van der Waals surface area contributed by atoms with Crippen molar-refractivity contribution in [2.24, 2.45) is 0 Å². The van der Waals surface area contributed by atoms with E-state index < -0.39 is 97.5 Å². The minimum atomic E-state index is -4.86.